The molecule has 1 atom stereocenters. The molecule has 2 rings (SSSR count). The second-order valence-electron chi connectivity index (χ2n) is 6.53. The van der Waals surface area contributed by atoms with E-state index in [1.165, 1.54) is 12.1 Å². The first-order valence-corrected chi connectivity index (χ1v) is 8.53. The van der Waals surface area contributed by atoms with E-state index in [2.05, 4.69) is 10.6 Å². The number of rotatable bonds is 7. The second kappa shape index (κ2) is 9.10. The number of hydrogen-bond acceptors (Lipinski definition) is 2. The largest absolute Gasteiger partial charge is 0.342 e. The summed E-state index contributed by atoms with van der Waals surface area (Å²) in [5, 5.41) is 5.45. The molecule has 5 nitrogen and oxygen atoms in total. The normalized spacial score (nSPS) is 11.7. The fraction of sp³-hybridized carbons (Fsp3) is 0.300. The minimum Gasteiger partial charge on any atom is -0.342 e. The lowest BCUT2D eigenvalue weighted by molar-refractivity contribution is -0.885. The predicted molar refractivity (Wildman–Crippen MR) is 99.4 cm³/mol. The summed E-state index contributed by atoms with van der Waals surface area (Å²) in [4.78, 5) is 25.0. The molecule has 3 N–H and O–H groups in total. The maximum atomic E-state index is 13.2. The standard InChI is InChI=1S/C20H24FN3O2/c1-14-6-4-7-15(2)20(14)23-18(25)11-22-19(26)13-24(3)12-16-8-5-9-17(21)10-16/h4-10H,11-13H2,1-3H3,(H,22,26)(H,23,25)/p+1. The third kappa shape index (κ3) is 5.97. The molecule has 2 aromatic rings. The highest BCUT2D eigenvalue weighted by molar-refractivity contribution is 5.95. The molecule has 0 aromatic heterocycles. The third-order valence-electron chi connectivity index (χ3n) is 4.05. The van der Waals surface area contributed by atoms with Crippen molar-refractivity contribution in [1.29, 1.82) is 0 Å². The smallest absolute Gasteiger partial charge is 0.275 e. The van der Waals surface area contributed by atoms with Crippen LogP contribution in [0.2, 0.25) is 0 Å². The van der Waals surface area contributed by atoms with Gasteiger partial charge >= 0.3 is 0 Å². The maximum Gasteiger partial charge on any atom is 0.275 e. The zero-order valence-electron chi connectivity index (χ0n) is 15.4. The molecule has 2 amide bonds. The molecule has 0 aliphatic heterocycles. The van der Waals surface area contributed by atoms with Gasteiger partial charge in [-0.3, -0.25) is 9.59 Å². The summed E-state index contributed by atoms with van der Waals surface area (Å²) in [5.74, 6) is -0.781. The summed E-state index contributed by atoms with van der Waals surface area (Å²) in [5.41, 5.74) is 3.55. The van der Waals surface area contributed by atoms with Gasteiger partial charge in [0.2, 0.25) is 5.91 Å². The van der Waals surface area contributed by atoms with Crippen molar-refractivity contribution in [3.05, 3.63) is 65.0 Å². The summed E-state index contributed by atoms with van der Waals surface area (Å²) >= 11 is 0. The molecule has 0 aliphatic carbocycles. The first-order chi connectivity index (χ1) is 12.3. The first kappa shape index (κ1) is 19.6. The molecule has 0 heterocycles. The summed E-state index contributed by atoms with van der Waals surface area (Å²) in [6.07, 6.45) is 0. The number of amides is 2. The lowest BCUT2D eigenvalue weighted by Crippen LogP contribution is -3.08. The van der Waals surface area contributed by atoms with E-state index in [1.54, 1.807) is 6.07 Å². The van der Waals surface area contributed by atoms with Gasteiger partial charge in [-0.05, 0) is 37.1 Å². The number of quaternary nitrogens is 1. The zero-order valence-corrected chi connectivity index (χ0v) is 15.4. The minimum absolute atomic E-state index is 0.0835. The average molecular weight is 358 g/mol. The second-order valence-corrected chi connectivity index (χ2v) is 6.53. The Hall–Kier alpha value is -2.73. The van der Waals surface area contributed by atoms with Crippen LogP contribution >= 0.6 is 0 Å². The van der Waals surface area contributed by atoms with Gasteiger partial charge in [0.1, 0.15) is 12.4 Å². The predicted octanol–water partition coefficient (Wildman–Crippen LogP) is 1.21. The Morgan fingerprint density at radius 1 is 1.04 bits per heavy atom. The Morgan fingerprint density at radius 3 is 2.35 bits per heavy atom. The van der Waals surface area contributed by atoms with Crippen LogP contribution in [-0.2, 0) is 16.1 Å². The summed E-state index contributed by atoms with van der Waals surface area (Å²) in [7, 11) is 1.85. The molecule has 26 heavy (non-hydrogen) atoms. The number of likely N-dealkylation sites (N-methyl/N-ethyl adjacent to an activating group) is 1. The van der Waals surface area contributed by atoms with Crippen molar-refractivity contribution in [2.24, 2.45) is 0 Å². The van der Waals surface area contributed by atoms with E-state index in [4.69, 9.17) is 0 Å². The Kier molecular flexibility index (Phi) is 6.86. The number of aryl methyl sites for hydroxylation is 2. The third-order valence-corrected chi connectivity index (χ3v) is 4.05. The molecule has 0 spiro atoms. The molecule has 0 aliphatic rings. The van der Waals surface area contributed by atoms with Crippen LogP contribution in [0.5, 0.6) is 0 Å². The van der Waals surface area contributed by atoms with Gasteiger partial charge < -0.3 is 15.5 Å². The first-order valence-electron chi connectivity index (χ1n) is 8.53. The van der Waals surface area contributed by atoms with E-state index in [-0.39, 0.29) is 30.7 Å². The van der Waals surface area contributed by atoms with Gasteiger partial charge in [0.15, 0.2) is 6.54 Å². The van der Waals surface area contributed by atoms with Crippen LogP contribution in [0.3, 0.4) is 0 Å². The Morgan fingerprint density at radius 2 is 1.69 bits per heavy atom. The molecule has 0 fully saturated rings. The zero-order chi connectivity index (χ0) is 19.1. The highest BCUT2D eigenvalue weighted by Crippen LogP contribution is 2.18. The van der Waals surface area contributed by atoms with Crippen LogP contribution in [0, 0.1) is 19.7 Å². The number of carbonyl (C=O) groups is 2. The summed E-state index contributed by atoms with van der Waals surface area (Å²) in [6.45, 7) is 4.49. The number of carbonyl (C=O) groups excluding carboxylic acids is 2. The molecule has 6 heteroatoms. The topological polar surface area (TPSA) is 62.6 Å². The maximum absolute atomic E-state index is 13.2. The van der Waals surface area contributed by atoms with Crippen LogP contribution in [-0.4, -0.2) is 32.0 Å². The average Bonchev–Trinajstić information content (AvgIpc) is 2.56. The van der Waals surface area contributed by atoms with Crippen LogP contribution in [0.1, 0.15) is 16.7 Å². The van der Waals surface area contributed by atoms with Crippen molar-refractivity contribution in [3.8, 4) is 0 Å². The number of benzene rings is 2. The van der Waals surface area contributed by atoms with Crippen molar-refractivity contribution < 1.29 is 18.9 Å². The quantitative estimate of drug-likeness (QED) is 0.697. The molecule has 0 radical (unpaired) electrons. The highest BCUT2D eigenvalue weighted by atomic mass is 19.1. The van der Waals surface area contributed by atoms with E-state index < -0.39 is 0 Å². The fourth-order valence-electron chi connectivity index (χ4n) is 2.77. The van der Waals surface area contributed by atoms with Crippen molar-refractivity contribution in [1.82, 2.24) is 5.32 Å². The van der Waals surface area contributed by atoms with Crippen LogP contribution in [0.4, 0.5) is 10.1 Å². The van der Waals surface area contributed by atoms with Crippen molar-refractivity contribution >= 4 is 17.5 Å². The Labute approximate surface area is 153 Å². The molecule has 0 bridgehead atoms. The SMILES string of the molecule is Cc1cccc(C)c1NC(=O)CNC(=O)C[NH+](C)Cc1cccc(F)c1. The Bertz CT molecular complexity index is 772. The van der Waals surface area contributed by atoms with E-state index in [0.717, 1.165) is 27.3 Å². The number of hydrogen-bond donors (Lipinski definition) is 3. The van der Waals surface area contributed by atoms with E-state index in [9.17, 15) is 14.0 Å². The fourth-order valence-corrected chi connectivity index (χ4v) is 2.77. The van der Waals surface area contributed by atoms with Gasteiger partial charge in [0, 0.05) is 11.3 Å². The minimum atomic E-state index is -0.289. The van der Waals surface area contributed by atoms with Gasteiger partial charge in [-0.2, -0.15) is 0 Å². The van der Waals surface area contributed by atoms with Gasteiger partial charge in [-0.15, -0.1) is 0 Å². The molecular formula is C20H25FN3O2+. The molecule has 0 saturated heterocycles. The van der Waals surface area contributed by atoms with E-state index in [0.29, 0.717) is 6.54 Å². The Balaban J connectivity index is 1.78. The summed E-state index contributed by atoms with van der Waals surface area (Å²) < 4.78 is 13.2. The molecule has 1 unspecified atom stereocenters. The summed E-state index contributed by atoms with van der Waals surface area (Å²) in [6, 6.07) is 12.1. The number of halogens is 1. The van der Waals surface area contributed by atoms with Gasteiger partial charge in [-0.25, -0.2) is 4.39 Å². The van der Waals surface area contributed by atoms with Crippen LogP contribution < -0.4 is 15.5 Å². The van der Waals surface area contributed by atoms with E-state index >= 15 is 0 Å². The molecule has 2 aromatic carbocycles. The highest BCUT2D eigenvalue weighted by Gasteiger charge is 2.13. The lowest BCUT2D eigenvalue weighted by atomic mass is 10.1. The lowest BCUT2D eigenvalue weighted by Gasteiger charge is -2.15. The molecule has 138 valence electrons. The monoisotopic (exact) mass is 358 g/mol. The van der Waals surface area contributed by atoms with Gasteiger partial charge in [0.05, 0.1) is 13.6 Å². The number of nitrogens with one attached hydrogen (secondary N) is 3. The van der Waals surface area contributed by atoms with Gasteiger partial charge in [0.25, 0.3) is 5.91 Å². The van der Waals surface area contributed by atoms with Gasteiger partial charge in [-0.1, -0.05) is 30.3 Å². The van der Waals surface area contributed by atoms with Crippen LogP contribution in [0.25, 0.3) is 0 Å². The van der Waals surface area contributed by atoms with Crippen LogP contribution in [0.15, 0.2) is 42.5 Å². The van der Waals surface area contributed by atoms with Crippen molar-refractivity contribution in [2.75, 3.05) is 25.5 Å². The molecular weight excluding hydrogens is 333 g/mol. The number of anilines is 1. The van der Waals surface area contributed by atoms with Crippen molar-refractivity contribution in [3.63, 3.8) is 0 Å². The van der Waals surface area contributed by atoms with E-state index in [1.807, 2.05) is 45.2 Å². The number of para-hydroxylation sites is 1. The van der Waals surface area contributed by atoms with Crippen molar-refractivity contribution in [2.45, 2.75) is 20.4 Å². The molecule has 0 saturated carbocycles.